The molecule has 1 amide bonds. The molecule has 0 radical (unpaired) electrons. The van der Waals surface area contributed by atoms with Crippen molar-refractivity contribution in [2.24, 2.45) is 0 Å². The van der Waals surface area contributed by atoms with E-state index in [2.05, 4.69) is 5.32 Å². The van der Waals surface area contributed by atoms with Crippen LogP contribution >= 0.6 is 0 Å². The van der Waals surface area contributed by atoms with Gasteiger partial charge in [0.25, 0.3) is 5.91 Å². The van der Waals surface area contributed by atoms with Crippen LogP contribution in [0.2, 0.25) is 0 Å². The average Bonchev–Trinajstić information content (AvgIpc) is 2.90. The van der Waals surface area contributed by atoms with Crippen LogP contribution in [0, 0.1) is 0 Å². The van der Waals surface area contributed by atoms with Crippen molar-refractivity contribution in [3.63, 3.8) is 0 Å². The van der Waals surface area contributed by atoms with E-state index in [0.29, 0.717) is 17.1 Å². The summed E-state index contributed by atoms with van der Waals surface area (Å²) in [6.07, 6.45) is 0. The summed E-state index contributed by atoms with van der Waals surface area (Å²) in [7, 11) is 4.80. The Balaban J connectivity index is 2.30. The zero-order chi connectivity index (χ0) is 16.1. The maximum Gasteiger partial charge on any atom is 0.256 e. The summed E-state index contributed by atoms with van der Waals surface area (Å²) in [5.41, 5.74) is 1.36. The van der Waals surface area contributed by atoms with Crippen LogP contribution in [0.5, 0.6) is 17.2 Å². The summed E-state index contributed by atoms with van der Waals surface area (Å²) in [5.74, 6) is 1.75. The summed E-state index contributed by atoms with van der Waals surface area (Å²) in [6, 6.07) is 9.47. The smallest absolute Gasteiger partial charge is 0.256 e. The zero-order valence-corrected chi connectivity index (χ0v) is 13.0. The van der Waals surface area contributed by atoms with Crippen molar-refractivity contribution >= 4 is 33.1 Å². The quantitative estimate of drug-likeness (QED) is 0.751. The molecule has 3 aromatic carbocycles. The Hall–Kier alpha value is -2.95. The van der Waals surface area contributed by atoms with Gasteiger partial charge < -0.3 is 19.5 Å². The van der Waals surface area contributed by atoms with Gasteiger partial charge in [0.15, 0.2) is 11.5 Å². The molecule has 0 saturated heterocycles. The van der Waals surface area contributed by atoms with Crippen molar-refractivity contribution in [1.29, 1.82) is 0 Å². The van der Waals surface area contributed by atoms with Crippen molar-refractivity contribution in [3.05, 3.63) is 35.9 Å². The van der Waals surface area contributed by atoms with Crippen LogP contribution in [0.4, 0.5) is 5.69 Å². The molecule has 116 valence electrons. The monoisotopic (exact) mass is 309 g/mol. The third kappa shape index (κ3) is 1.70. The Kier molecular flexibility index (Phi) is 2.84. The first kappa shape index (κ1) is 13.7. The van der Waals surface area contributed by atoms with Crippen molar-refractivity contribution in [1.82, 2.24) is 0 Å². The third-order valence-corrected chi connectivity index (χ3v) is 4.28. The van der Waals surface area contributed by atoms with Crippen molar-refractivity contribution in [2.75, 3.05) is 26.6 Å². The number of fused-ring (bicyclic) bond motifs is 2. The predicted molar refractivity (Wildman–Crippen MR) is 89.1 cm³/mol. The number of hydrogen-bond acceptors (Lipinski definition) is 4. The lowest BCUT2D eigenvalue weighted by Crippen LogP contribution is -2.04. The second-order valence-corrected chi connectivity index (χ2v) is 5.34. The Morgan fingerprint density at radius 1 is 0.870 bits per heavy atom. The number of benzene rings is 3. The van der Waals surface area contributed by atoms with E-state index in [1.807, 2.05) is 24.3 Å². The Morgan fingerprint density at radius 2 is 1.65 bits per heavy atom. The zero-order valence-electron chi connectivity index (χ0n) is 13.0. The van der Waals surface area contributed by atoms with Crippen LogP contribution < -0.4 is 19.5 Å². The van der Waals surface area contributed by atoms with E-state index < -0.39 is 0 Å². The van der Waals surface area contributed by atoms with Crippen molar-refractivity contribution in [3.8, 4) is 17.2 Å². The molecule has 1 heterocycles. The normalized spacial score (nSPS) is 12.6. The largest absolute Gasteiger partial charge is 0.496 e. The molecular weight excluding hydrogens is 294 g/mol. The van der Waals surface area contributed by atoms with Gasteiger partial charge in [-0.15, -0.1) is 0 Å². The molecule has 1 aliphatic rings. The molecule has 0 bridgehead atoms. The summed E-state index contributed by atoms with van der Waals surface area (Å²) in [4.78, 5) is 12.3. The van der Waals surface area contributed by atoms with Gasteiger partial charge in [-0.1, -0.05) is 12.1 Å². The SMILES string of the molecule is COc1cc2c3c(cc4c(OC)cccc4c3c1OC)NC2=O. The topological polar surface area (TPSA) is 56.8 Å². The van der Waals surface area contributed by atoms with Crippen LogP contribution in [0.25, 0.3) is 21.5 Å². The highest BCUT2D eigenvalue weighted by Crippen LogP contribution is 2.48. The van der Waals surface area contributed by atoms with Crippen LogP contribution in [0.15, 0.2) is 30.3 Å². The van der Waals surface area contributed by atoms with Gasteiger partial charge in [-0.3, -0.25) is 4.79 Å². The Morgan fingerprint density at radius 3 is 2.35 bits per heavy atom. The molecule has 1 N–H and O–H groups in total. The van der Waals surface area contributed by atoms with Crippen LogP contribution in [0.3, 0.4) is 0 Å². The number of carbonyl (C=O) groups excluding carboxylic acids is 1. The molecule has 0 spiro atoms. The van der Waals surface area contributed by atoms with Gasteiger partial charge in [0.2, 0.25) is 0 Å². The van der Waals surface area contributed by atoms with E-state index in [1.54, 1.807) is 27.4 Å². The fourth-order valence-electron chi connectivity index (χ4n) is 3.30. The molecule has 0 aromatic heterocycles. The molecule has 0 unspecified atom stereocenters. The minimum atomic E-state index is -0.139. The lowest BCUT2D eigenvalue weighted by atomic mass is 9.96. The minimum absolute atomic E-state index is 0.139. The van der Waals surface area contributed by atoms with Gasteiger partial charge in [0.1, 0.15) is 5.75 Å². The summed E-state index contributed by atoms with van der Waals surface area (Å²) >= 11 is 0. The lowest BCUT2D eigenvalue weighted by Gasteiger charge is -2.15. The molecule has 4 rings (SSSR count). The first-order valence-corrected chi connectivity index (χ1v) is 7.19. The second-order valence-electron chi connectivity index (χ2n) is 5.34. The number of nitrogens with one attached hydrogen (secondary N) is 1. The Bertz CT molecular complexity index is 978. The summed E-state index contributed by atoms with van der Waals surface area (Å²) in [6.45, 7) is 0. The fourth-order valence-corrected chi connectivity index (χ4v) is 3.30. The molecule has 0 fully saturated rings. The summed E-state index contributed by atoms with van der Waals surface area (Å²) < 4.78 is 16.5. The maximum atomic E-state index is 12.3. The molecule has 0 aliphatic carbocycles. The van der Waals surface area contributed by atoms with E-state index in [4.69, 9.17) is 14.2 Å². The van der Waals surface area contributed by atoms with Gasteiger partial charge in [0, 0.05) is 16.2 Å². The molecule has 5 heteroatoms. The second kappa shape index (κ2) is 4.78. The number of carbonyl (C=O) groups is 1. The van der Waals surface area contributed by atoms with E-state index in [9.17, 15) is 4.79 Å². The maximum absolute atomic E-state index is 12.3. The van der Waals surface area contributed by atoms with Crippen molar-refractivity contribution in [2.45, 2.75) is 0 Å². The first-order valence-electron chi connectivity index (χ1n) is 7.19. The van der Waals surface area contributed by atoms with Gasteiger partial charge >= 0.3 is 0 Å². The highest BCUT2D eigenvalue weighted by Gasteiger charge is 2.28. The van der Waals surface area contributed by atoms with E-state index in [-0.39, 0.29) is 5.91 Å². The van der Waals surface area contributed by atoms with Crippen LogP contribution in [-0.4, -0.2) is 27.2 Å². The van der Waals surface area contributed by atoms with E-state index >= 15 is 0 Å². The predicted octanol–water partition coefficient (Wildman–Crippen LogP) is 3.58. The number of ether oxygens (including phenoxy) is 3. The standard InChI is InChI=1S/C18H15NO4/c1-21-13-6-4-5-9-10(13)7-12-15-11(18(20)19-12)8-14(22-2)17(23-3)16(9)15/h4-8H,1-3H3,(H,19,20). The van der Waals surface area contributed by atoms with Gasteiger partial charge in [-0.25, -0.2) is 0 Å². The Labute approximate surface area is 132 Å². The summed E-state index contributed by atoms with van der Waals surface area (Å²) in [5, 5.41) is 6.49. The third-order valence-electron chi connectivity index (χ3n) is 4.28. The highest BCUT2D eigenvalue weighted by atomic mass is 16.5. The molecule has 0 atom stereocenters. The van der Waals surface area contributed by atoms with Gasteiger partial charge in [-0.2, -0.15) is 0 Å². The molecule has 1 aliphatic heterocycles. The molecule has 3 aromatic rings. The number of amides is 1. The fraction of sp³-hybridized carbons (Fsp3) is 0.167. The van der Waals surface area contributed by atoms with E-state index in [1.165, 1.54) is 0 Å². The van der Waals surface area contributed by atoms with E-state index in [0.717, 1.165) is 33.0 Å². The number of methoxy groups -OCH3 is 3. The lowest BCUT2D eigenvalue weighted by molar-refractivity contribution is 0.103. The van der Waals surface area contributed by atoms with Crippen LogP contribution in [-0.2, 0) is 0 Å². The van der Waals surface area contributed by atoms with Gasteiger partial charge in [0.05, 0.1) is 32.6 Å². The molecule has 0 saturated carbocycles. The van der Waals surface area contributed by atoms with Gasteiger partial charge in [-0.05, 0) is 23.6 Å². The minimum Gasteiger partial charge on any atom is -0.496 e. The number of anilines is 1. The first-order chi connectivity index (χ1) is 11.2. The highest BCUT2D eigenvalue weighted by molar-refractivity contribution is 6.31. The number of rotatable bonds is 3. The molecule has 5 nitrogen and oxygen atoms in total. The average molecular weight is 309 g/mol. The van der Waals surface area contributed by atoms with Crippen LogP contribution in [0.1, 0.15) is 10.4 Å². The molecular formula is C18H15NO4. The molecule has 23 heavy (non-hydrogen) atoms. The number of hydrogen-bond donors (Lipinski definition) is 1. The van der Waals surface area contributed by atoms with Crippen molar-refractivity contribution < 1.29 is 19.0 Å².